The number of hydrogen-bond acceptors (Lipinski definition) is 4. The second-order valence-electron chi connectivity index (χ2n) is 4.76. The third-order valence-electron chi connectivity index (χ3n) is 2.56. The van der Waals surface area contributed by atoms with Crippen molar-refractivity contribution < 1.29 is 4.92 Å². The molecule has 0 aliphatic carbocycles. The van der Waals surface area contributed by atoms with Crippen LogP contribution in [-0.4, -0.2) is 15.9 Å². The lowest BCUT2D eigenvalue weighted by molar-refractivity contribution is -0.385. The van der Waals surface area contributed by atoms with E-state index < -0.39 is 4.92 Å². The van der Waals surface area contributed by atoms with E-state index in [4.69, 9.17) is 5.73 Å². The van der Waals surface area contributed by atoms with Gasteiger partial charge in [-0.15, -0.1) is 0 Å². The quantitative estimate of drug-likeness (QED) is 0.628. The molecule has 0 aliphatic heterocycles. The van der Waals surface area contributed by atoms with Crippen molar-refractivity contribution in [1.82, 2.24) is 4.98 Å². The molecule has 0 fully saturated rings. The van der Waals surface area contributed by atoms with Crippen LogP contribution in [0.5, 0.6) is 0 Å². The van der Waals surface area contributed by atoms with Crippen molar-refractivity contribution in [1.29, 1.82) is 0 Å². The molecule has 17 heavy (non-hydrogen) atoms. The fraction of sp³-hybridized carbons (Fsp3) is 0.583. The summed E-state index contributed by atoms with van der Waals surface area (Å²) in [6.45, 7) is 5.89. The molecule has 94 valence electrons. The summed E-state index contributed by atoms with van der Waals surface area (Å²) in [5, 5.41) is 10.6. The van der Waals surface area contributed by atoms with E-state index in [1.54, 1.807) is 13.0 Å². The highest BCUT2D eigenvalue weighted by Crippen LogP contribution is 2.16. The monoisotopic (exact) mass is 237 g/mol. The zero-order chi connectivity index (χ0) is 13.0. The molecule has 2 N–H and O–H groups in total. The summed E-state index contributed by atoms with van der Waals surface area (Å²) in [4.78, 5) is 14.4. The predicted octanol–water partition coefficient (Wildman–Crippen LogP) is 2.21. The summed E-state index contributed by atoms with van der Waals surface area (Å²) in [5.74, 6) is 0.546. The Kier molecular flexibility index (Phi) is 4.57. The van der Waals surface area contributed by atoms with E-state index in [1.807, 2.05) is 0 Å². The summed E-state index contributed by atoms with van der Waals surface area (Å²) in [7, 11) is 0. The van der Waals surface area contributed by atoms with Gasteiger partial charge in [-0.25, -0.2) is 0 Å². The maximum atomic E-state index is 10.6. The summed E-state index contributed by atoms with van der Waals surface area (Å²) in [6.07, 6.45) is 1.59. The van der Waals surface area contributed by atoms with Gasteiger partial charge in [0.05, 0.1) is 4.92 Å². The van der Waals surface area contributed by atoms with Gasteiger partial charge in [-0.3, -0.25) is 15.1 Å². The molecular weight excluding hydrogens is 218 g/mol. The van der Waals surface area contributed by atoms with E-state index >= 15 is 0 Å². The fourth-order valence-electron chi connectivity index (χ4n) is 1.87. The van der Waals surface area contributed by atoms with Crippen LogP contribution in [0.1, 0.15) is 31.7 Å². The summed E-state index contributed by atoms with van der Waals surface area (Å²) >= 11 is 0. The van der Waals surface area contributed by atoms with Crippen LogP contribution in [0, 0.1) is 23.0 Å². The van der Waals surface area contributed by atoms with Crippen molar-refractivity contribution in [3.8, 4) is 0 Å². The van der Waals surface area contributed by atoms with Crippen molar-refractivity contribution >= 4 is 5.69 Å². The Balaban J connectivity index is 2.74. The van der Waals surface area contributed by atoms with Gasteiger partial charge in [-0.05, 0) is 25.3 Å². The molecular formula is C12H19N3O2. The van der Waals surface area contributed by atoms with Crippen molar-refractivity contribution in [2.45, 2.75) is 39.7 Å². The second-order valence-corrected chi connectivity index (χ2v) is 4.76. The summed E-state index contributed by atoms with van der Waals surface area (Å²) < 4.78 is 0. The molecule has 0 aromatic carbocycles. The van der Waals surface area contributed by atoms with Crippen molar-refractivity contribution in [3.63, 3.8) is 0 Å². The van der Waals surface area contributed by atoms with Crippen LogP contribution in [0.15, 0.2) is 12.1 Å². The highest BCUT2D eigenvalue weighted by Gasteiger charge is 2.13. The molecule has 0 saturated heterocycles. The molecule has 5 heteroatoms. The molecule has 1 aromatic heterocycles. The molecule has 1 heterocycles. The van der Waals surface area contributed by atoms with E-state index in [0.29, 0.717) is 18.0 Å². The number of pyridine rings is 1. The Bertz CT molecular complexity index is 405. The van der Waals surface area contributed by atoms with Gasteiger partial charge in [0.2, 0.25) is 0 Å². The molecule has 0 radical (unpaired) electrons. The van der Waals surface area contributed by atoms with Gasteiger partial charge < -0.3 is 5.73 Å². The molecule has 0 aliphatic rings. The van der Waals surface area contributed by atoms with Gasteiger partial charge in [-0.1, -0.05) is 13.8 Å². The maximum Gasteiger partial charge on any atom is 0.290 e. The summed E-state index contributed by atoms with van der Waals surface area (Å²) in [6, 6.07) is 3.24. The molecule has 0 amide bonds. The Morgan fingerprint density at radius 2 is 2.12 bits per heavy atom. The SMILES string of the molecule is Cc1nc(CC(N)CC(C)C)ccc1[N+](=O)[O-]. The highest BCUT2D eigenvalue weighted by atomic mass is 16.6. The van der Waals surface area contributed by atoms with Crippen LogP contribution in [0.25, 0.3) is 0 Å². The van der Waals surface area contributed by atoms with Gasteiger partial charge in [-0.2, -0.15) is 0 Å². The molecule has 0 spiro atoms. The Morgan fingerprint density at radius 1 is 1.47 bits per heavy atom. The third-order valence-corrected chi connectivity index (χ3v) is 2.56. The van der Waals surface area contributed by atoms with Gasteiger partial charge >= 0.3 is 0 Å². The lowest BCUT2D eigenvalue weighted by Gasteiger charge is -2.13. The largest absolute Gasteiger partial charge is 0.327 e. The average Bonchev–Trinajstić information content (AvgIpc) is 2.15. The smallest absolute Gasteiger partial charge is 0.290 e. The minimum absolute atomic E-state index is 0.0587. The minimum atomic E-state index is -0.417. The van der Waals surface area contributed by atoms with Crippen LogP contribution < -0.4 is 5.73 Å². The van der Waals surface area contributed by atoms with Crippen molar-refractivity contribution in [2.75, 3.05) is 0 Å². The highest BCUT2D eigenvalue weighted by molar-refractivity contribution is 5.35. The molecule has 1 atom stereocenters. The molecule has 0 bridgehead atoms. The number of nitrogens with zero attached hydrogens (tertiary/aromatic N) is 2. The molecule has 0 saturated carbocycles. The van der Waals surface area contributed by atoms with E-state index in [0.717, 1.165) is 12.1 Å². The van der Waals surface area contributed by atoms with Crippen molar-refractivity contribution in [3.05, 3.63) is 33.6 Å². The van der Waals surface area contributed by atoms with Gasteiger partial charge in [0.1, 0.15) is 5.69 Å². The fourth-order valence-corrected chi connectivity index (χ4v) is 1.87. The third kappa shape index (κ3) is 4.11. The van der Waals surface area contributed by atoms with Crippen molar-refractivity contribution in [2.24, 2.45) is 11.7 Å². The number of nitrogens with two attached hydrogens (primary N) is 1. The first-order chi connectivity index (χ1) is 7.90. The molecule has 1 unspecified atom stereocenters. The zero-order valence-corrected chi connectivity index (χ0v) is 10.5. The second kappa shape index (κ2) is 5.72. The first kappa shape index (κ1) is 13.6. The zero-order valence-electron chi connectivity index (χ0n) is 10.5. The molecule has 5 nitrogen and oxygen atoms in total. The van der Waals surface area contributed by atoms with Gasteiger partial charge in [0.25, 0.3) is 5.69 Å². The number of rotatable bonds is 5. The Morgan fingerprint density at radius 3 is 2.59 bits per heavy atom. The van der Waals surface area contributed by atoms with Crippen LogP contribution in [-0.2, 0) is 6.42 Å². The predicted molar refractivity (Wildman–Crippen MR) is 66.8 cm³/mol. The van der Waals surface area contributed by atoms with Gasteiger partial charge in [0, 0.05) is 24.2 Å². The summed E-state index contributed by atoms with van der Waals surface area (Å²) in [5.41, 5.74) is 7.31. The van der Waals surface area contributed by atoms with E-state index in [2.05, 4.69) is 18.8 Å². The molecule has 1 aromatic rings. The van der Waals surface area contributed by atoms with Crippen LogP contribution in [0.4, 0.5) is 5.69 Å². The number of hydrogen-bond donors (Lipinski definition) is 1. The maximum absolute atomic E-state index is 10.6. The first-order valence-corrected chi connectivity index (χ1v) is 5.76. The lowest BCUT2D eigenvalue weighted by Crippen LogP contribution is -2.25. The molecule has 1 rings (SSSR count). The van der Waals surface area contributed by atoms with E-state index in [-0.39, 0.29) is 11.7 Å². The van der Waals surface area contributed by atoms with E-state index in [1.165, 1.54) is 6.07 Å². The number of aryl methyl sites for hydroxylation is 1. The lowest BCUT2D eigenvalue weighted by atomic mass is 10.0. The van der Waals surface area contributed by atoms with E-state index in [9.17, 15) is 10.1 Å². The standard InChI is InChI=1S/C12H19N3O2/c1-8(2)6-10(13)7-11-4-5-12(15(16)17)9(3)14-11/h4-5,8,10H,6-7,13H2,1-3H3. The topological polar surface area (TPSA) is 82.0 Å². The van der Waals surface area contributed by atoms with Gasteiger partial charge in [0.15, 0.2) is 0 Å². The van der Waals surface area contributed by atoms with Crippen LogP contribution in [0.2, 0.25) is 0 Å². The number of nitro groups is 1. The Labute approximate surface area is 101 Å². The number of aromatic nitrogens is 1. The normalized spacial score (nSPS) is 12.8. The average molecular weight is 237 g/mol. The van der Waals surface area contributed by atoms with Crippen LogP contribution >= 0.6 is 0 Å². The Hall–Kier alpha value is -1.49. The first-order valence-electron chi connectivity index (χ1n) is 5.76. The van der Waals surface area contributed by atoms with Crippen LogP contribution in [0.3, 0.4) is 0 Å². The minimum Gasteiger partial charge on any atom is -0.327 e.